The van der Waals surface area contributed by atoms with Crippen LogP contribution in [0.15, 0.2) is 29.2 Å². The first-order chi connectivity index (χ1) is 6.42. The second-order valence-corrected chi connectivity index (χ2v) is 5.29. The van der Waals surface area contributed by atoms with Gasteiger partial charge >= 0.3 is 0 Å². The second-order valence-electron chi connectivity index (χ2n) is 3.05. The third-order valence-corrected chi connectivity index (χ3v) is 4.55. The summed E-state index contributed by atoms with van der Waals surface area (Å²) >= 11 is 0. The third-order valence-electron chi connectivity index (χ3n) is 2.20. The fourth-order valence-corrected chi connectivity index (χ4v) is 3.54. The van der Waals surface area contributed by atoms with E-state index < -0.39 is 0 Å². The summed E-state index contributed by atoms with van der Waals surface area (Å²) in [6.07, 6.45) is 0. The normalized spacial score (nSPS) is 20.5. The zero-order valence-corrected chi connectivity index (χ0v) is 8.31. The number of anilines is 1. The van der Waals surface area contributed by atoms with Crippen molar-refractivity contribution in [1.29, 1.82) is 0 Å². The van der Waals surface area contributed by atoms with Crippen molar-refractivity contribution in [3.63, 3.8) is 0 Å². The first-order valence-electron chi connectivity index (χ1n) is 4.53. The molecule has 2 rings (SSSR count). The number of aliphatic hydroxyl groups excluding tert-OH is 1. The fraction of sp³-hybridized carbons (Fsp3) is 0.400. The van der Waals surface area contributed by atoms with Crippen LogP contribution >= 0.6 is 0 Å². The first-order valence-corrected chi connectivity index (χ1v) is 6.09. The van der Waals surface area contributed by atoms with Crippen LogP contribution in [0.2, 0.25) is 0 Å². The molecule has 1 atom stereocenters. The van der Waals surface area contributed by atoms with Crippen LogP contribution in [0.3, 0.4) is 0 Å². The molecule has 1 unspecified atom stereocenters. The molecule has 0 bridgehead atoms. The summed E-state index contributed by atoms with van der Waals surface area (Å²) in [5, 5.41) is 12.3. The van der Waals surface area contributed by atoms with Gasteiger partial charge in [0.25, 0.3) is 0 Å². The number of aliphatic hydroxyl groups is 1. The van der Waals surface area contributed by atoms with Gasteiger partial charge in [0, 0.05) is 10.9 Å². The van der Waals surface area contributed by atoms with E-state index in [1.54, 1.807) is 0 Å². The van der Waals surface area contributed by atoms with Crippen molar-refractivity contribution in [2.24, 2.45) is 0 Å². The Labute approximate surface area is 81.3 Å². The van der Waals surface area contributed by atoms with Gasteiger partial charge in [-0.05, 0) is 12.1 Å². The number of nitrogens with one attached hydrogen (secondary N) is 1. The molecule has 2 N–H and O–H groups in total. The van der Waals surface area contributed by atoms with Gasteiger partial charge in [-0.2, -0.15) is 0 Å². The summed E-state index contributed by atoms with van der Waals surface area (Å²) in [7, 11) is 0.268. The molecule has 13 heavy (non-hydrogen) atoms. The van der Waals surface area contributed by atoms with Gasteiger partial charge in [-0.15, -0.1) is 0 Å². The molecule has 1 heterocycles. The Kier molecular flexibility index (Phi) is 2.76. The Hall–Kier alpha value is -0.670. The Balaban J connectivity index is 2.26. The summed E-state index contributed by atoms with van der Waals surface area (Å²) in [5.41, 5.74) is 1.26. The maximum Gasteiger partial charge on any atom is 0.178 e. The lowest BCUT2D eigenvalue weighted by Crippen LogP contribution is -2.26. The molecule has 1 aromatic carbocycles. The quantitative estimate of drug-likeness (QED) is 0.694. The van der Waals surface area contributed by atoms with Crippen molar-refractivity contribution < 1.29 is 5.11 Å². The van der Waals surface area contributed by atoms with Gasteiger partial charge in [0.05, 0.1) is 18.8 Å². The smallest absolute Gasteiger partial charge is 0.178 e. The molecular weight excluding hydrogens is 182 g/mol. The lowest BCUT2D eigenvalue weighted by molar-refractivity contribution is 0.322. The first kappa shape index (κ1) is 8.91. The molecule has 3 heteroatoms. The van der Waals surface area contributed by atoms with E-state index in [0.29, 0.717) is 6.61 Å². The molecule has 0 aliphatic carbocycles. The largest absolute Gasteiger partial charge is 0.391 e. The van der Waals surface area contributed by atoms with Crippen molar-refractivity contribution in [3.8, 4) is 0 Å². The van der Waals surface area contributed by atoms with Crippen LogP contribution in [-0.4, -0.2) is 29.8 Å². The van der Waals surface area contributed by atoms with Crippen LogP contribution in [0.4, 0.5) is 5.69 Å². The lowest BCUT2D eigenvalue weighted by atomic mass is 10.3. The monoisotopic (exact) mass is 196 g/mol. The number of para-hydroxylation sites is 1. The van der Waals surface area contributed by atoms with Gasteiger partial charge < -0.3 is 10.4 Å². The van der Waals surface area contributed by atoms with E-state index in [1.165, 1.54) is 10.6 Å². The van der Waals surface area contributed by atoms with E-state index >= 15 is 0 Å². The minimum absolute atomic E-state index is 0.268. The third kappa shape index (κ3) is 1.81. The SMILES string of the molecule is OCC[S+]1CCNc2ccccc21. The average Bonchev–Trinajstić information content (AvgIpc) is 2.19. The summed E-state index contributed by atoms with van der Waals surface area (Å²) in [5.74, 6) is 2.08. The van der Waals surface area contributed by atoms with E-state index in [1.807, 2.05) is 0 Å². The van der Waals surface area contributed by atoms with Crippen LogP contribution in [-0.2, 0) is 10.9 Å². The summed E-state index contributed by atoms with van der Waals surface area (Å²) in [4.78, 5) is 1.39. The maximum atomic E-state index is 8.93. The zero-order chi connectivity index (χ0) is 9.10. The fourth-order valence-electron chi connectivity index (χ4n) is 1.61. The van der Waals surface area contributed by atoms with Crippen LogP contribution in [0.5, 0.6) is 0 Å². The highest BCUT2D eigenvalue weighted by Crippen LogP contribution is 2.26. The molecule has 0 amide bonds. The second kappa shape index (κ2) is 4.03. The van der Waals surface area contributed by atoms with Crippen LogP contribution < -0.4 is 5.32 Å². The van der Waals surface area contributed by atoms with Crippen molar-refractivity contribution in [1.82, 2.24) is 0 Å². The number of hydrogen-bond donors (Lipinski definition) is 2. The molecular formula is C10H14NOS+. The lowest BCUT2D eigenvalue weighted by Gasteiger charge is -2.17. The maximum absolute atomic E-state index is 8.93. The minimum atomic E-state index is 0.268. The average molecular weight is 196 g/mol. The number of rotatable bonds is 2. The van der Waals surface area contributed by atoms with E-state index in [4.69, 9.17) is 5.11 Å². The molecule has 0 saturated heterocycles. The zero-order valence-electron chi connectivity index (χ0n) is 7.49. The number of hydrogen-bond acceptors (Lipinski definition) is 2. The van der Waals surface area contributed by atoms with Crippen molar-refractivity contribution >= 4 is 16.6 Å². The highest BCUT2D eigenvalue weighted by Gasteiger charge is 2.27. The predicted octanol–water partition coefficient (Wildman–Crippen LogP) is 1.08. The molecule has 0 spiro atoms. The standard InChI is InChI=1S/C10H14NOS/c12-6-8-13-7-5-11-9-3-1-2-4-10(9)13/h1-4,11-12H,5-8H2/q+1. The highest BCUT2D eigenvalue weighted by atomic mass is 32.2. The topological polar surface area (TPSA) is 32.3 Å². The van der Waals surface area contributed by atoms with Gasteiger partial charge in [0.1, 0.15) is 11.5 Å². The Bertz CT molecular complexity index is 290. The Morgan fingerprint density at radius 1 is 1.38 bits per heavy atom. The van der Waals surface area contributed by atoms with E-state index in [0.717, 1.165) is 18.1 Å². The van der Waals surface area contributed by atoms with E-state index in [-0.39, 0.29) is 10.9 Å². The van der Waals surface area contributed by atoms with Crippen LogP contribution in [0.25, 0.3) is 0 Å². The molecule has 0 saturated carbocycles. The van der Waals surface area contributed by atoms with Gasteiger partial charge in [0.15, 0.2) is 4.90 Å². The molecule has 1 aliphatic rings. The number of fused-ring (bicyclic) bond motifs is 1. The summed E-state index contributed by atoms with van der Waals surface area (Å²) in [6.45, 7) is 1.34. The van der Waals surface area contributed by atoms with E-state index in [2.05, 4.69) is 29.6 Å². The van der Waals surface area contributed by atoms with Crippen LogP contribution in [0, 0.1) is 0 Å². The Morgan fingerprint density at radius 2 is 2.23 bits per heavy atom. The number of benzene rings is 1. The van der Waals surface area contributed by atoms with Gasteiger partial charge in [-0.1, -0.05) is 12.1 Å². The summed E-state index contributed by atoms with van der Waals surface area (Å²) < 4.78 is 0. The Morgan fingerprint density at radius 3 is 3.08 bits per heavy atom. The molecule has 2 nitrogen and oxygen atoms in total. The minimum Gasteiger partial charge on any atom is -0.391 e. The molecule has 1 aromatic rings. The van der Waals surface area contributed by atoms with Gasteiger partial charge in [0.2, 0.25) is 0 Å². The highest BCUT2D eigenvalue weighted by molar-refractivity contribution is 7.97. The summed E-state index contributed by atoms with van der Waals surface area (Å²) in [6, 6.07) is 8.41. The van der Waals surface area contributed by atoms with Gasteiger partial charge in [-0.3, -0.25) is 0 Å². The van der Waals surface area contributed by atoms with Crippen molar-refractivity contribution in [2.45, 2.75) is 4.90 Å². The van der Waals surface area contributed by atoms with Crippen molar-refractivity contribution in [3.05, 3.63) is 24.3 Å². The van der Waals surface area contributed by atoms with Crippen molar-refractivity contribution in [2.75, 3.05) is 30.0 Å². The molecule has 0 radical (unpaired) electrons. The molecule has 1 aliphatic heterocycles. The van der Waals surface area contributed by atoms with Gasteiger partial charge in [-0.25, -0.2) is 0 Å². The molecule has 70 valence electrons. The van der Waals surface area contributed by atoms with Crippen LogP contribution in [0.1, 0.15) is 0 Å². The predicted molar refractivity (Wildman–Crippen MR) is 57.4 cm³/mol. The molecule has 0 aromatic heterocycles. The van der Waals surface area contributed by atoms with E-state index in [9.17, 15) is 0 Å². The molecule has 0 fully saturated rings.